The molecule has 1 heterocycles. The van der Waals surface area contributed by atoms with Crippen LogP contribution in [-0.4, -0.2) is 25.3 Å². The molecule has 2 rings (SSSR count). The highest BCUT2D eigenvalue weighted by atomic mass is 32.2. The molecule has 108 valence electrons. The van der Waals surface area contributed by atoms with E-state index in [-0.39, 0.29) is 17.9 Å². The molecule has 1 amide bonds. The highest BCUT2D eigenvalue weighted by Gasteiger charge is 2.23. The third-order valence-electron chi connectivity index (χ3n) is 3.42. The summed E-state index contributed by atoms with van der Waals surface area (Å²) in [6.07, 6.45) is 6.70. The predicted octanol–water partition coefficient (Wildman–Crippen LogP) is 2.46. The lowest BCUT2D eigenvalue weighted by molar-refractivity contribution is -0.125. The Balaban J connectivity index is 2.17. The van der Waals surface area contributed by atoms with E-state index in [2.05, 4.69) is 23.9 Å². The lowest BCUT2D eigenvalue weighted by Gasteiger charge is -2.27. The van der Waals surface area contributed by atoms with Crippen LogP contribution < -0.4 is 15.6 Å². The van der Waals surface area contributed by atoms with Crippen molar-refractivity contribution in [2.24, 2.45) is 5.92 Å². The lowest BCUT2D eigenvalue weighted by Crippen LogP contribution is -2.52. The van der Waals surface area contributed by atoms with E-state index in [4.69, 9.17) is 4.74 Å². The van der Waals surface area contributed by atoms with Crippen LogP contribution in [0.1, 0.15) is 18.9 Å². The van der Waals surface area contributed by atoms with Crippen molar-refractivity contribution in [3.05, 3.63) is 29.8 Å². The molecule has 0 bridgehead atoms. The second-order valence-corrected chi connectivity index (χ2v) is 5.69. The summed E-state index contributed by atoms with van der Waals surface area (Å²) in [6, 6.07) is 6.23. The van der Waals surface area contributed by atoms with Crippen molar-refractivity contribution in [3.8, 4) is 5.75 Å². The van der Waals surface area contributed by atoms with Gasteiger partial charge in [-0.1, -0.05) is 31.2 Å². The van der Waals surface area contributed by atoms with E-state index in [9.17, 15) is 4.79 Å². The molecule has 0 spiro atoms. The normalized spacial score (nSPS) is 22.9. The number of thioether (sulfide) groups is 1. The number of para-hydroxylation sites is 1. The van der Waals surface area contributed by atoms with Crippen LogP contribution in [-0.2, 0) is 4.79 Å². The smallest absolute Gasteiger partial charge is 0.234 e. The van der Waals surface area contributed by atoms with Gasteiger partial charge in [0.05, 0.1) is 7.11 Å². The lowest BCUT2D eigenvalue weighted by atomic mass is 9.96. The Morgan fingerprint density at radius 1 is 1.45 bits per heavy atom. The molecule has 2 atom stereocenters. The van der Waals surface area contributed by atoms with E-state index in [0.29, 0.717) is 6.42 Å². The average molecular weight is 292 g/mol. The van der Waals surface area contributed by atoms with Crippen LogP contribution >= 0.6 is 11.8 Å². The Hall–Kier alpha value is -1.46. The first-order chi connectivity index (χ1) is 9.65. The van der Waals surface area contributed by atoms with Gasteiger partial charge >= 0.3 is 0 Å². The van der Waals surface area contributed by atoms with E-state index in [1.807, 2.05) is 30.5 Å². The third kappa shape index (κ3) is 3.35. The number of amides is 1. The zero-order valence-electron chi connectivity index (χ0n) is 12.0. The largest absolute Gasteiger partial charge is 0.495 e. The van der Waals surface area contributed by atoms with Crippen LogP contribution in [0, 0.1) is 5.92 Å². The number of ether oxygens (including phenoxy) is 1. The zero-order valence-corrected chi connectivity index (χ0v) is 12.8. The number of rotatable bonds is 4. The number of benzene rings is 1. The molecule has 5 heteroatoms. The quantitative estimate of drug-likeness (QED) is 0.837. The van der Waals surface area contributed by atoms with Crippen molar-refractivity contribution in [1.29, 1.82) is 0 Å². The average Bonchev–Trinajstić information content (AvgIpc) is 2.45. The molecular weight excluding hydrogens is 272 g/mol. The van der Waals surface area contributed by atoms with Crippen LogP contribution in [0.4, 0.5) is 0 Å². The maximum Gasteiger partial charge on any atom is 0.234 e. The molecule has 20 heavy (non-hydrogen) atoms. The molecule has 1 aromatic carbocycles. The van der Waals surface area contributed by atoms with Crippen molar-refractivity contribution in [2.45, 2.75) is 24.3 Å². The molecule has 1 saturated heterocycles. The van der Waals surface area contributed by atoms with Crippen LogP contribution in [0.5, 0.6) is 5.75 Å². The van der Waals surface area contributed by atoms with Crippen molar-refractivity contribution in [1.82, 2.24) is 10.9 Å². The number of carbonyl (C=O) groups is 1. The van der Waals surface area contributed by atoms with Crippen LogP contribution in [0.3, 0.4) is 0 Å². The summed E-state index contributed by atoms with van der Waals surface area (Å²) in [5, 5.41) is 0. The summed E-state index contributed by atoms with van der Waals surface area (Å²) >= 11 is 1.66. The second-order valence-electron chi connectivity index (χ2n) is 4.84. The SMILES string of the molecule is COc1c(/C=C/C2NNC(=O)CC2C)cccc1SC. The number of nitrogens with one attached hydrogen (secondary N) is 2. The highest BCUT2D eigenvalue weighted by Crippen LogP contribution is 2.32. The van der Waals surface area contributed by atoms with Crippen molar-refractivity contribution in [3.63, 3.8) is 0 Å². The van der Waals surface area contributed by atoms with Gasteiger partial charge < -0.3 is 4.74 Å². The van der Waals surface area contributed by atoms with Crippen LogP contribution in [0.15, 0.2) is 29.2 Å². The minimum atomic E-state index is 0.0455. The van der Waals surface area contributed by atoms with E-state index in [0.717, 1.165) is 16.2 Å². The van der Waals surface area contributed by atoms with Gasteiger partial charge in [-0.05, 0) is 18.2 Å². The van der Waals surface area contributed by atoms with Crippen molar-refractivity contribution in [2.75, 3.05) is 13.4 Å². The summed E-state index contributed by atoms with van der Waals surface area (Å²) in [6.45, 7) is 2.07. The fourth-order valence-corrected chi connectivity index (χ4v) is 2.87. The molecule has 4 nitrogen and oxygen atoms in total. The monoisotopic (exact) mass is 292 g/mol. The summed E-state index contributed by atoms with van der Waals surface area (Å²) in [5.74, 6) is 1.21. The Kier molecular flexibility index (Phi) is 5.09. The van der Waals surface area contributed by atoms with E-state index in [1.54, 1.807) is 18.9 Å². The third-order valence-corrected chi connectivity index (χ3v) is 4.18. The molecule has 2 N–H and O–H groups in total. The summed E-state index contributed by atoms with van der Waals surface area (Å²) < 4.78 is 5.49. The van der Waals surface area contributed by atoms with Gasteiger partial charge in [0.2, 0.25) is 5.91 Å². The first-order valence-electron chi connectivity index (χ1n) is 6.59. The van der Waals surface area contributed by atoms with Gasteiger partial charge in [0, 0.05) is 22.9 Å². The summed E-state index contributed by atoms with van der Waals surface area (Å²) in [4.78, 5) is 12.4. The van der Waals surface area contributed by atoms with Gasteiger partial charge in [0.25, 0.3) is 0 Å². The van der Waals surface area contributed by atoms with Crippen molar-refractivity contribution < 1.29 is 9.53 Å². The molecule has 1 aromatic rings. The standard InChI is InChI=1S/C15H20N2O2S/c1-10-9-14(18)17-16-12(10)8-7-11-5-4-6-13(20-3)15(11)19-2/h4-8,10,12,16H,9H2,1-3H3,(H,17,18)/b8-7+. The molecule has 0 aliphatic carbocycles. The highest BCUT2D eigenvalue weighted by molar-refractivity contribution is 7.98. The van der Waals surface area contributed by atoms with Gasteiger partial charge in [0.1, 0.15) is 5.75 Å². The first-order valence-corrected chi connectivity index (χ1v) is 7.81. The van der Waals surface area contributed by atoms with E-state index in [1.165, 1.54) is 0 Å². The molecule has 0 aromatic heterocycles. The van der Waals surface area contributed by atoms with E-state index < -0.39 is 0 Å². The van der Waals surface area contributed by atoms with Gasteiger partial charge in [-0.15, -0.1) is 11.8 Å². The van der Waals surface area contributed by atoms with E-state index >= 15 is 0 Å². The molecule has 1 aliphatic rings. The minimum absolute atomic E-state index is 0.0455. The Bertz CT molecular complexity index is 517. The van der Waals surface area contributed by atoms with Crippen molar-refractivity contribution >= 4 is 23.7 Å². The first kappa shape index (κ1) is 14.9. The Morgan fingerprint density at radius 2 is 2.25 bits per heavy atom. The van der Waals surface area contributed by atoms with Gasteiger partial charge in [-0.3, -0.25) is 10.2 Å². The minimum Gasteiger partial charge on any atom is -0.495 e. The molecule has 1 fully saturated rings. The molecule has 2 unspecified atom stereocenters. The number of hydrogen-bond acceptors (Lipinski definition) is 4. The molecule has 1 aliphatic heterocycles. The van der Waals surface area contributed by atoms with Gasteiger partial charge in [-0.2, -0.15) is 0 Å². The molecule has 0 saturated carbocycles. The zero-order chi connectivity index (χ0) is 14.5. The fourth-order valence-electron chi connectivity index (χ4n) is 2.26. The van der Waals surface area contributed by atoms with Crippen LogP contribution in [0.25, 0.3) is 6.08 Å². The summed E-state index contributed by atoms with van der Waals surface area (Å²) in [7, 11) is 1.69. The number of hydrogen-bond donors (Lipinski definition) is 2. The van der Waals surface area contributed by atoms with Crippen LogP contribution in [0.2, 0.25) is 0 Å². The van der Waals surface area contributed by atoms with Gasteiger partial charge in [0.15, 0.2) is 0 Å². The Labute approximate surface area is 123 Å². The number of hydrazine groups is 1. The predicted molar refractivity (Wildman–Crippen MR) is 82.7 cm³/mol. The van der Waals surface area contributed by atoms with Gasteiger partial charge in [-0.25, -0.2) is 5.43 Å². The maximum atomic E-state index is 11.3. The molecule has 0 radical (unpaired) electrons. The maximum absolute atomic E-state index is 11.3. The second kappa shape index (κ2) is 6.81. The molecular formula is C15H20N2O2S. The number of carbonyl (C=O) groups excluding carboxylic acids is 1. The summed E-state index contributed by atoms with van der Waals surface area (Å²) in [5.41, 5.74) is 6.74. The topological polar surface area (TPSA) is 50.4 Å². The Morgan fingerprint density at radius 3 is 2.90 bits per heavy atom. The fraction of sp³-hybridized carbons (Fsp3) is 0.400. The number of methoxy groups -OCH3 is 1.